The first kappa shape index (κ1) is 15.7. The zero-order valence-electron chi connectivity index (χ0n) is 11.4. The van der Waals surface area contributed by atoms with E-state index in [9.17, 15) is 14.4 Å². The number of carbonyl (C=O) groups is 3. The summed E-state index contributed by atoms with van der Waals surface area (Å²) >= 11 is 4.95. The van der Waals surface area contributed by atoms with Gasteiger partial charge in [0.2, 0.25) is 11.8 Å². The lowest BCUT2D eigenvalue weighted by molar-refractivity contribution is -0.148. The Morgan fingerprint density at radius 2 is 2.20 bits per heavy atom. The molecule has 0 aromatic rings. The summed E-state index contributed by atoms with van der Waals surface area (Å²) in [5.74, 6) is -1.32. The number of hydrogen-bond acceptors (Lipinski definition) is 6. The summed E-state index contributed by atoms with van der Waals surface area (Å²) in [5, 5.41) is 2.35. The molecule has 0 spiro atoms. The lowest BCUT2D eigenvalue weighted by atomic mass is 9.65. The molecule has 0 radical (unpaired) electrons. The molecule has 0 aromatic carbocycles. The van der Waals surface area contributed by atoms with Gasteiger partial charge in [-0.15, -0.1) is 11.8 Å². The van der Waals surface area contributed by atoms with E-state index in [1.54, 1.807) is 0 Å². The molecule has 112 valence electrons. The molecule has 1 saturated carbocycles. The van der Waals surface area contributed by atoms with E-state index >= 15 is 0 Å². The minimum absolute atomic E-state index is 0.265. The predicted molar refractivity (Wildman–Crippen MR) is 79.2 cm³/mol. The van der Waals surface area contributed by atoms with E-state index in [4.69, 9.17) is 0 Å². The van der Waals surface area contributed by atoms with Gasteiger partial charge in [0.15, 0.2) is 0 Å². The van der Waals surface area contributed by atoms with E-state index in [0.29, 0.717) is 6.42 Å². The van der Waals surface area contributed by atoms with Crippen molar-refractivity contribution in [1.29, 1.82) is 0 Å². The number of amides is 2. The first-order valence-corrected chi connectivity index (χ1v) is 8.27. The van der Waals surface area contributed by atoms with Crippen molar-refractivity contribution in [2.75, 3.05) is 5.75 Å². The van der Waals surface area contributed by atoms with Crippen LogP contribution in [0.5, 0.6) is 0 Å². The molecule has 0 unspecified atom stereocenters. The molecule has 1 aliphatic heterocycles. The van der Waals surface area contributed by atoms with Crippen LogP contribution in [0.3, 0.4) is 0 Å². The van der Waals surface area contributed by atoms with Crippen LogP contribution in [-0.2, 0) is 18.6 Å². The van der Waals surface area contributed by atoms with Gasteiger partial charge in [-0.05, 0) is 18.6 Å². The van der Waals surface area contributed by atoms with E-state index in [0.717, 1.165) is 31.4 Å². The number of unbranched alkanes of at least 4 members (excludes halogenated alkanes) is 3. The van der Waals surface area contributed by atoms with Gasteiger partial charge in [-0.3, -0.25) is 19.7 Å². The fourth-order valence-corrected chi connectivity index (χ4v) is 4.75. The molecule has 7 heteroatoms. The Morgan fingerprint density at radius 1 is 1.45 bits per heavy atom. The molecule has 1 N–H and O–H groups in total. The van der Waals surface area contributed by atoms with Crippen molar-refractivity contribution in [3.05, 3.63) is 0 Å². The van der Waals surface area contributed by atoms with Crippen LogP contribution in [0.4, 0.5) is 0 Å². The normalized spacial score (nSPS) is 31.5. The first-order valence-electron chi connectivity index (χ1n) is 6.92. The summed E-state index contributed by atoms with van der Waals surface area (Å²) in [6.45, 7) is 2.13. The highest BCUT2D eigenvalue weighted by Gasteiger charge is 2.70. The highest BCUT2D eigenvalue weighted by atomic mass is 32.2. The van der Waals surface area contributed by atoms with Crippen LogP contribution in [0.1, 0.15) is 39.0 Å². The SMILES string of the molecule is CCCCCCS[C@]12C(=O)NC(=O)[C@H]1C[C@@H]2C(=O)OS. The Hall–Kier alpha value is -0.690. The Balaban J connectivity index is 2.03. The largest absolute Gasteiger partial charge is 0.394 e. The molecule has 3 atom stereocenters. The van der Waals surface area contributed by atoms with Crippen molar-refractivity contribution < 1.29 is 18.6 Å². The van der Waals surface area contributed by atoms with Crippen molar-refractivity contribution in [1.82, 2.24) is 5.32 Å². The van der Waals surface area contributed by atoms with Gasteiger partial charge in [-0.25, -0.2) is 0 Å². The minimum atomic E-state index is -0.955. The van der Waals surface area contributed by atoms with Gasteiger partial charge in [-0.1, -0.05) is 26.2 Å². The summed E-state index contributed by atoms with van der Waals surface area (Å²) in [5.41, 5.74) is 0. The maximum atomic E-state index is 12.1. The molecule has 20 heavy (non-hydrogen) atoms. The summed E-state index contributed by atoms with van der Waals surface area (Å²) in [6, 6.07) is 0. The third-order valence-corrected chi connectivity index (χ3v) is 6.03. The van der Waals surface area contributed by atoms with Gasteiger partial charge >= 0.3 is 5.97 Å². The minimum Gasteiger partial charge on any atom is -0.394 e. The molecular weight excluding hydrogens is 298 g/mol. The second-order valence-corrected chi connectivity index (χ2v) is 6.83. The molecule has 2 fully saturated rings. The second kappa shape index (κ2) is 6.39. The Morgan fingerprint density at radius 3 is 2.80 bits per heavy atom. The Labute approximate surface area is 128 Å². The molecular formula is C13H19NO4S2. The van der Waals surface area contributed by atoms with E-state index in [2.05, 4.69) is 29.3 Å². The van der Waals surface area contributed by atoms with Crippen LogP contribution in [-0.4, -0.2) is 28.3 Å². The molecule has 2 aliphatic rings. The zero-order valence-corrected chi connectivity index (χ0v) is 13.1. The Bertz CT molecular complexity index is 429. The number of nitrogens with one attached hydrogen (secondary N) is 1. The first-order chi connectivity index (χ1) is 9.57. The monoisotopic (exact) mass is 317 g/mol. The van der Waals surface area contributed by atoms with Crippen molar-refractivity contribution >= 4 is 42.5 Å². The van der Waals surface area contributed by atoms with Crippen molar-refractivity contribution in [3.8, 4) is 0 Å². The molecule has 0 bridgehead atoms. The maximum Gasteiger partial charge on any atom is 0.322 e. The number of thioether (sulfide) groups is 1. The van der Waals surface area contributed by atoms with Gasteiger partial charge in [0, 0.05) is 12.9 Å². The van der Waals surface area contributed by atoms with Crippen LogP contribution in [0.25, 0.3) is 0 Å². The Kier molecular flexibility index (Phi) is 5.01. The third kappa shape index (κ3) is 2.45. The lowest BCUT2D eigenvalue weighted by Crippen LogP contribution is -2.59. The van der Waals surface area contributed by atoms with Crippen LogP contribution >= 0.6 is 24.7 Å². The maximum absolute atomic E-state index is 12.1. The fourth-order valence-electron chi connectivity index (χ4n) is 2.95. The van der Waals surface area contributed by atoms with Gasteiger partial charge in [0.05, 0.1) is 11.8 Å². The number of imide groups is 1. The van der Waals surface area contributed by atoms with E-state index < -0.39 is 22.6 Å². The lowest BCUT2D eigenvalue weighted by Gasteiger charge is -2.45. The summed E-state index contributed by atoms with van der Waals surface area (Å²) in [6.07, 6.45) is 4.76. The van der Waals surface area contributed by atoms with Crippen molar-refractivity contribution in [2.45, 2.75) is 43.8 Å². The average Bonchev–Trinajstić information content (AvgIpc) is 2.57. The number of hydrogen-bond donors (Lipinski definition) is 2. The molecule has 1 aliphatic carbocycles. The smallest absolute Gasteiger partial charge is 0.322 e. The molecule has 1 saturated heterocycles. The summed E-state index contributed by atoms with van der Waals surface area (Å²) < 4.78 is 3.51. The third-order valence-electron chi connectivity index (χ3n) is 4.13. The summed E-state index contributed by atoms with van der Waals surface area (Å²) in [7, 11) is 0. The topological polar surface area (TPSA) is 72.5 Å². The average molecular weight is 317 g/mol. The van der Waals surface area contributed by atoms with E-state index in [1.165, 1.54) is 11.8 Å². The quantitative estimate of drug-likeness (QED) is 0.324. The summed E-state index contributed by atoms with van der Waals surface area (Å²) in [4.78, 5) is 35.6. The number of carbonyl (C=O) groups excluding carboxylic acids is 3. The molecule has 2 rings (SSSR count). The highest BCUT2D eigenvalue weighted by Crippen LogP contribution is 2.57. The van der Waals surface area contributed by atoms with Crippen molar-refractivity contribution in [3.63, 3.8) is 0 Å². The molecule has 5 nitrogen and oxygen atoms in total. The van der Waals surface area contributed by atoms with Crippen LogP contribution < -0.4 is 5.32 Å². The predicted octanol–water partition coefficient (Wildman–Crippen LogP) is 1.72. The number of fused-ring (bicyclic) bond motifs is 1. The van der Waals surface area contributed by atoms with Gasteiger partial charge in [0.25, 0.3) is 0 Å². The van der Waals surface area contributed by atoms with Crippen LogP contribution in [0.15, 0.2) is 0 Å². The highest BCUT2D eigenvalue weighted by molar-refractivity contribution is 8.01. The standard InChI is InChI=1S/C13H19NO4S2/c1-2-3-4-5-6-20-13-8(10(15)14-12(13)17)7-9(13)11(16)18-19/h8-9,19H,2-7H2,1H3,(H,14,15,17)/t8-,9-,13-/m1/s1. The van der Waals surface area contributed by atoms with E-state index in [-0.39, 0.29) is 11.8 Å². The molecule has 2 amide bonds. The number of thiol groups is 1. The van der Waals surface area contributed by atoms with Gasteiger partial charge in [0.1, 0.15) is 4.75 Å². The second-order valence-electron chi connectivity index (χ2n) is 5.27. The fraction of sp³-hybridized carbons (Fsp3) is 0.769. The van der Waals surface area contributed by atoms with E-state index in [1.807, 2.05) is 0 Å². The van der Waals surface area contributed by atoms with Gasteiger partial charge < -0.3 is 4.18 Å². The van der Waals surface area contributed by atoms with Crippen molar-refractivity contribution in [2.24, 2.45) is 11.8 Å². The van der Waals surface area contributed by atoms with Crippen LogP contribution in [0.2, 0.25) is 0 Å². The molecule has 0 aromatic heterocycles. The zero-order chi connectivity index (χ0) is 14.8. The molecule has 1 heterocycles. The number of rotatable bonds is 7. The van der Waals surface area contributed by atoms with Gasteiger partial charge in [-0.2, -0.15) is 0 Å². The van der Waals surface area contributed by atoms with Crippen LogP contribution in [0, 0.1) is 11.8 Å².